The van der Waals surface area contributed by atoms with Crippen LogP contribution in [0.1, 0.15) is 84.1 Å². The number of imide groups is 1. The number of aromatic nitrogens is 3. The van der Waals surface area contributed by atoms with Crippen molar-refractivity contribution in [3.8, 4) is 0 Å². The number of carbonyl (C=O) groups excluding carboxylic acids is 4. The third kappa shape index (κ3) is 7.48. The number of ether oxygens (including phenoxy) is 1. The van der Waals surface area contributed by atoms with Gasteiger partial charge in [-0.05, 0) is 58.2 Å². The van der Waals surface area contributed by atoms with Crippen LogP contribution in [0.3, 0.4) is 0 Å². The molecule has 20 heteroatoms. The molecule has 14 nitrogen and oxygen atoms in total. The maximum atomic E-state index is 14.5. The number of hydrogen-bond donors (Lipinski definition) is 2. The van der Waals surface area contributed by atoms with Gasteiger partial charge in [-0.2, -0.15) is 18.3 Å². The Balaban J connectivity index is 1.40. The number of urea groups is 1. The summed E-state index contributed by atoms with van der Waals surface area (Å²) in [6.07, 6.45) is -3.71. The first-order chi connectivity index (χ1) is 24.7. The van der Waals surface area contributed by atoms with E-state index in [1.807, 2.05) is 0 Å². The Morgan fingerprint density at radius 3 is 2.30 bits per heavy atom. The number of imidazole rings is 1. The highest BCUT2D eigenvalue weighted by atomic mass is 32.2. The molecule has 286 valence electrons. The molecule has 53 heavy (non-hydrogen) atoms. The van der Waals surface area contributed by atoms with E-state index in [0.29, 0.717) is 0 Å². The van der Waals surface area contributed by atoms with Crippen molar-refractivity contribution in [3.63, 3.8) is 0 Å². The van der Waals surface area contributed by atoms with Crippen molar-refractivity contribution in [2.75, 3.05) is 26.8 Å². The molecular weight excluding hydrogens is 733 g/mol. The van der Waals surface area contributed by atoms with Crippen LogP contribution in [0.15, 0.2) is 42.7 Å². The fraction of sp³-hybridized carbons (Fsp3) is 0.515. The van der Waals surface area contributed by atoms with Crippen LogP contribution in [0, 0.1) is 11.3 Å². The summed E-state index contributed by atoms with van der Waals surface area (Å²) in [5.41, 5.74) is -2.32. The minimum atomic E-state index is -4.75. The van der Waals surface area contributed by atoms with Crippen molar-refractivity contribution in [2.24, 2.45) is 11.3 Å². The molecule has 0 radical (unpaired) electrons. The zero-order valence-electron chi connectivity index (χ0n) is 28.9. The SMILES string of the molecule is COC[C@@H](c1cnn2cc([C@@H](N[S@@](=O)C(C)(C)C)[C@H](CC3(C(F)(F)F)CC3)C(=O)ON3C(=O)c4ccccc4C3=O)nc2c1)N1CC(F)(F)CNC1=O. The van der Waals surface area contributed by atoms with Crippen LogP contribution in [0.25, 0.3) is 5.65 Å². The van der Waals surface area contributed by atoms with E-state index in [9.17, 15) is 45.3 Å². The monoisotopic (exact) mass is 769 g/mol. The Kier molecular flexibility index (Phi) is 9.86. The fourth-order valence-electron chi connectivity index (χ4n) is 6.26. The van der Waals surface area contributed by atoms with Crippen LogP contribution < -0.4 is 10.0 Å². The molecule has 2 N–H and O–H groups in total. The molecule has 2 fully saturated rings. The van der Waals surface area contributed by atoms with Crippen LogP contribution in [-0.2, 0) is 25.4 Å². The molecule has 3 aliphatic rings. The number of rotatable bonds is 12. The van der Waals surface area contributed by atoms with Gasteiger partial charge in [0.25, 0.3) is 17.7 Å². The molecule has 1 aliphatic carbocycles. The second-order valence-corrected chi connectivity index (χ2v) is 16.3. The highest BCUT2D eigenvalue weighted by Crippen LogP contribution is 2.62. The maximum Gasteiger partial charge on any atom is 0.394 e. The van der Waals surface area contributed by atoms with Crippen LogP contribution >= 0.6 is 0 Å². The minimum Gasteiger partial charge on any atom is -0.382 e. The van der Waals surface area contributed by atoms with Crippen LogP contribution in [0.2, 0.25) is 0 Å². The van der Waals surface area contributed by atoms with E-state index < -0.39 is 94.6 Å². The fourth-order valence-corrected chi connectivity index (χ4v) is 7.13. The van der Waals surface area contributed by atoms with Gasteiger partial charge < -0.3 is 19.8 Å². The molecule has 6 rings (SSSR count). The predicted octanol–water partition coefficient (Wildman–Crippen LogP) is 4.27. The van der Waals surface area contributed by atoms with Gasteiger partial charge in [0.2, 0.25) is 0 Å². The topological polar surface area (TPSA) is 165 Å². The molecule has 4 atom stereocenters. The zero-order valence-corrected chi connectivity index (χ0v) is 29.7. The molecule has 2 aliphatic heterocycles. The Morgan fingerprint density at radius 1 is 1.09 bits per heavy atom. The molecule has 2 aromatic heterocycles. The lowest BCUT2D eigenvalue weighted by atomic mass is 9.85. The molecule has 4 heterocycles. The summed E-state index contributed by atoms with van der Waals surface area (Å²) in [5, 5.41) is 6.62. The molecule has 1 saturated heterocycles. The molecule has 1 aromatic carbocycles. The van der Waals surface area contributed by atoms with Gasteiger partial charge in [-0.1, -0.05) is 17.2 Å². The van der Waals surface area contributed by atoms with Gasteiger partial charge in [-0.25, -0.2) is 36.8 Å². The predicted molar refractivity (Wildman–Crippen MR) is 175 cm³/mol. The molecule has 0 bridgehead atoms. The van der Waals surface area contributed by atoms with Crippen molar-refractivity contribution in [3.05, 3.63) is 65.1 Å². The number of carbonyl (C=O) groups is 4. The Hall–Kier alpha value is -4.56. The van der Waals surface area contributed by atoms with Crippen molar-refractivity contribution < 1.29 is 54.9 Å². The lowest BCUT2D eigenvalue weighted by Gasteiger charge is -2.38. The molecule has 0 unspecified atom stereocenters. The Labute approximate surface area is 301 Å². The smallest absolute Gasteiger partial charge is 0.382 e. The van der Waals surface area contributed by atoms with E-state index >= 15 is 0 Å². The molecular formula is C33H36F5N7O7S. The quantitative estimate of drug-likeness (QED) is 0.202. The van der Waals surface area contributed by atoms with E-state index in [2.05, 4.69) is 20.1 Å². The molecule has 3 aromatic rings. The first-order valence-corrected chi connectivity index (χ1v) is 17.6. The number of hydrogen-bond acceptors (Lipinski definition) is 9. The van der Waals surface area contributed by atoms with E-state index in [0.717, 1.165) is 4.90 Å². The Bertz CT molecular complexity index is 1950. The van der Waals surface area contributed by atoms with Crippen LogP contribution in [-0.4, -0.2) is 96.2 Å². The van der Waals surface area contributed by atoms with E-state index in [1.54, 1.807) is 20.8 Å². The van der Waals surface area contributed by atoms with Gasteiger partial charge in [-0.15, -0.1) is 0 Å². The summed E-state index contributed by atoms with van der Waals surface area (Å²) >= 11 is 0. The number of halogens is 5. The summed E-state index contributed by atoms with van der Waals surface area (Å²) in [4.78, 5) is 63.6. The number of methoxy groups -OCH3 is 1. The van der Waals surface area contributed by atoms with E-state index in [4.69, 9.17) is 9.57 Å². The highest BCUT2D eigenvalue weighted by Gasteiger charge is 2.65. The van der Waals surface area contributed by atoms with Crippen LogP contribution in [0.4, 0.5) is 26.7 Å². The third-order valence-corrected chi connectivity index (χ3v) is 11.0. The number of alkyl halides is 5. The summed E-state index contributed by atoms with van der Waals surface area (Å²) in [6, 6.07) is 3.64. The lowest BCUT2D eigenvalue weighted by Crippen LogP contribution is -2.58. The summed E-state index contributed by atoms with van der Waals surface area (Å²) < 4.78 is 93.8. The largest absolute Gasteiger partial charge is 0.394 e. The summed E-state index contributed by atoms with van der Waals surface area (Å²) in [5.74, 6) is -8.44. The first-order valence-electron chi connectivity index (χ1n) is 16.5. The number of nitrogens with zero attached hydrogens (tertiary/aromatic N) is 5. The molecule has 1 saturated carbocycles. The maximum absolute atomic E-state index is 14.5. The van der Waals surface area contributed by atoms with Gasteiger partial charge in [0.15, 0.2) is 5.65 Å². The van der Waals surface area contributed by atoms with E-state index in [-0.39, 0.29) is 52.5 Å². The third-order valence-electron chi connectivity index (χ3n) is 9.42. The Morgan fingerprint density at radius 2 is 1.74 bits per heavy atom. The van der Waals surface area contributed by atoms with Crippen molar-refractivity contribution in [1.82, 2.24) is 34.6 Å². The van der Waals surface area contributed by atoms with Crippen LogP contribution in [0.5, 0.6) is 0 Å². The average molecular weight is 770 g/mol. The zero-order chi connectivity index (χ0) is 38.7. The highest BCUT2D eigenvalue weighted by molar-refractivity contribution is 7.84. The van der Waals surface area contributed by atoms with Gasteiger partial charge in [0.05, 0.1) is 88.1 Å². The number of fused-ring (bicyclic) bond motifs is 2. The standard InChI is InChI=1S/C33H36F5N7O7S/c1-30(2,3)53(50)42-25(22-14-44-24(41-22)11-18(13-40-44)23(15-51-4)43-17-32(34,35)16-39-29(43)49)21(12-31(9-10-31)33(36,37)38)28(48)52-45-26(46)19-7-5-6-8-20(19)27(45)47/h5-8,11,13-14,21,23,25,42H,9-10,12,15-17H2,1-4H3,(H,39,49)/t21-,23-,25-,53-/m0/s1. The summed E-state index contributed by atoms with van der Waals surface area (Å²) in [7, 11) is -0.718. The number of nitrogens with one attached hydrogen (secondary N) is 2. The van der Waals surface area contributed by atoms with Gasteiger partial charge in [-0.3, -0.25) is 9.59 Å². The minimum absolute atomic E-state index is 0.0283. The van der Waals surface area contributed by atoms with Gasteiger partial charge >= 0.3 is 18.2 Å². The normalized spacial score (nSPS) is 20.5. The lowest BCUT2D eigenvalue weighted by molar-refractivity contribution is -0.199. The number of benzene rings is 1. The first kappa shape index (κ1) is 38.2. The second kappa shape index (κ2) is 13.7. The molecule has 0 spiro atoms. The summed E-state index contributed by atoms with van der Waals surface area (Å²) in [6.45, 7) is 2.79. The van der Waals surface area contributed by atoms with Crippen molar-refractivity contribution in [2.45, 2.75) is 69.0 Å². The number of hydroxylamine groups is 2. The van der Waals surface area contributed by atoms with E-state index in [1.165, 1.54) is 54.4 Å². The average Bonchev–Trinajstić information content (AvgIpc) is 3.72. The second-order valence-electron chi connectivity index (χ2n) is 14.3. The van der Waals surface area contributed by atoms with Gasteiger partial charge in [0, 0.05) is 12.7 Å². The number of amides is 4. The van der Waals surface area contributed by atoms with Crippen molar-refractivity contribution in [1.29, 1.82) is 0 Å². The molecule has 4 amide bonds. The van der Waals surface area contributed by atoms with Gasteiger partial charge in [0.1, 0.15) is 0 Å². The van der Waals surface area contributed by atoms with Crippen molar-refractivity contribution >= 4 is 40.4 Å².